The molecular formula is C22H25N3O. The minimum absolute atomic E-state index is 0.198. The van der Waals surface area contributed by atoms with Crippen molar-refractivity contribution < 1.29 is 4.79 Å². The van der Waals surface area contributed by atoms with Crippen LogP contribution in [0.2, 0.25) is 0 Å². The molecule has 1 aromatic heterocycles. The highest BCUT2D eigenvalue weighted by Crippen LogP contribution is 2.46. The van der Waals surface area contributed by atoms with Crippen molar-refractivity contribution in [3.8, 4) is 0 Å². The first-order valence-corrected chi connectivity index (χ1v) is 9.74. The number of aromatic nitrogens is 1. The molecule has 0 saturated carbocycles. The van der Waals surface area contributed by atoms with Gasteiger partial charge in [-0.25, -0.2) is 0 Å². The molecule has 0 N–H and O–H groups in total. The standard InChI is InChI=1S/C22H25N3O/c1-15-4-2-5-17(12-15)22(26)25-14-19(18-6-3-9-23-13-18)21-20(25)16-7-10-24(21)11-8-16/h2-6,9,12-13,16,19-21H,7-8,10-11,14H2,1H3. The van der Waals surface area contributed by atoms with Gasteiger partial charge in [-0.15, -0.1) is 0 Å². The van der Waals surface area contributed by atoms with Gasteiger partial charge in [-0.2, -0.15) is 0 Å². The molecule has 4 saturated heterocycles. The van der Waals surface area contributed by atoms with Crippen molar-refractivity contribution in [3.05, 3.63) is 65.5 Å². The van der Waals surface area contributed by atoms with Crippen LogP contribution >= 0.6 is 0 Å². The largest absolute Gasteiger partial charge is 0.333 e. The van der Waals surface area contributed by atoms with Gasteiger partial charge in [0.1, 0.15) is 0 Å². The summed E-state index contributed by atoms with van der Waals surface area (Å²) in [5, 5.41) is 0. The van der Waals surface area contributed by atoms with Crippen LogP contribution in [0.15, 0.2) is 48.8 Å². The minimum Gasteiger partial charge on any atom is -0.333 e. The van der Waals surface area contributed by atoms with Gasteiger partial charge in [-0.05, 0) is 62.5 Å². The van der Waals surface area contributed by atoms with Crippen molar-refractivity contribution in [2.24, 2.45) is 5.92 Å². The second-order valence-electron chi connectivity index (χ2n) is 8.07. The third kappa shape index (κ3) is 2.47. The lowest BCUT2D eigenvalue weighted by molar-refractivity contribution is -0.00342. The predicted molar refractivity (Wildman–Crippen MR) is 101 cm³/mol. The Morgan fingerprint density at radius 2 is 1.96 bits per heavy atom. The minimum atomic E-state index is 0.198. The van der Waals surface area contributed by atoms with Crippen LogP contribution in [-0.2, 0) is 0 Å². The van der Waals surface area contributed by atoms with Gasteiger partial charge in [-0.3, -0.25) is 14.7 Å². The maximum atomic E-state index is 13.4. The molecule has 4 fully saturated rings. The quantitative estimate of drug-likeness (QED) is 0.838. The summed E-state index contributed by atoms with van der Waals surface area (Å²) in [5.41, 5.74) is 3.24. The number of amides is 1. The molecule has 2 bridgehead atoms. The van der Waals surface area contributed by atoms with Crippen molar-refractivity contribution in [1.29, 1.82) is 0 Å². The molecule has 1 aromatic carbocycles. The topological polar surface area (TPSA) is 36.4 Å². The number of aryl methyl sites for hydroxylation is 1. The van der Waals surface area contributed by atoms with Crippen LogP contribution in [0.5, 0.6) is 0 Å². The smallest absolute Gasteiger partial charge is 0.254 e. The summed E-state index contributed by atoms with van der Waals surface area (Å²) in [7, 11) is 0. The van der Waals surface area contributed by atoms with Gasteiger partial charge in [-0.1, -0.05) is 23.8 Å². The molecule has 26 heavy (non-hydrogen) atoms. The van der Waals surface area contributed by atoms with Crippen molar-refractivity contribution in [1.82, 2.24) is 14.8 Å². The zero-order valence-corrected chi connectivity index (χ0v) is 15.2. The Labute approximate surface area is 154 Å². The second kappa shape index (κ2) is 6.20. The fourth-order valence-corrected chi connectivity index (χ4v) is 5.49. The lowest BCUT2D eigenvalue weighted by atomic mass is 9.75. The molecule has 4 aliphatic heterocycles. The lowest BCUT2D eigenvalue weighted by Crippen LogP contribution is -2.60. The number of piperidine rings is 3. The molecule has 3 atom stereocenters. The Bertz CT molecular complexity index is 813. The van der Waals surface area contributed by atoms with Crippen molar-refractivity contribution in [2.45, 2.75) is 37.8 Å². The third-order valence-corrected chi connectivity index (χ3v) is 6.63. The van der Waals surface area contributed by atoms with E-state index in [1.165, 1.54) is 31.5 Å². The number of hydrogen-bond donors (Lipinski definition) is 0. The molecule has 1 amide bonds. The first-order valence-electron chi connectivity index (χ1n) is 9.74. The summed E-state index contributed by atoms with van der Waals surface area (Å²) in [6, 6.07) is 13.0. The van der Waals surface area contributed by atoms with Gasteiger partial charge >= 0.3 is 0 Å². The summed E-state index contributed by atoms with van der Waals surface area (Å²) >= 11 is 0. The summed E-state index contributed by atoms with van der Waals surface area (Å²) in [4.78, 5) is 22.6. The summed E-state index contributed by atoms with van der Waals surface area (Å²) in [6.45, 7) is 5.21. The van der Waals surface area contributed by atoms with E-state index in [0.717, 1.165) is 17.7 Å². The molecule has 4 heteroatoms. The van der Waals surface area contributed by atoms with E-state index >= 15 is 0 Å². The molecule has 2 aromatic rings. The van der Waals surface area contributed by atoms with E-state index in [2.05, 4.69) is 33.8 Å². The van der Waals surface area contributed by atoms with Crippen LogP contribution in [0.4, 0.5) is 0 Å². The Balaban J connectivity index is 1.53. The highest BCUT2D eigenvalue weighted by Gasteiger charge is 2.54. The van der Waals surface area contributed by atoms with Crippen LogP contribution in [0.25, 0.3) is 0 Å². The molecule has 4 aliphatic rings. The maximum absolute atomic E-state index is 13.4. The predicted octanol–water partition coefficient (Wildman–Crippen LogP) is 3.09. The Morgan fingerprint density at radius 1 is 1.12 bits per heavy atom. The van der Waals surface area contributed by atoms with Crippen LogP contribution in [-0.4, -0.2) is 52.4 Å². The Hall–Kier alpha value is -2.20. The number of likely N-dealkylation sites (tertiary alicyclic amines) is 1. The van der Waals surface area contributed by atoms with E-state index in [1.807, 2.05) is 36.7 Å². The molecule has 4 nitrogen and oxygen atoms in total. The van der Waals surface area contributed by atoms with E-state index in [1.54, 1.807) is 0 Å². The highest BCUT2D eigenvalue weighted by molar-refractivity contribution is 5.95. The summed E-state index contributed by atoms with van der Waals surface area (Å²) < 4.78 is 0. The summed E-state index contributed by atoms with van der Waals surface area (Å²) in [5.74, 6) is 1.20. The molecule has 134 valence electrons. The Morgan fingerprint density at radius 3 is 2.69 bits per heavy atom. The van der Waals surface area contributed by atoms with Gasteiger partial charge in [0.2, 0.25) is 0 Å². The van der Waals surface area contributed by atoms with Crippen LogP contribution in [0.3, 0.4) is 0 Å². The first kappa shape index (κ1) is 16.0. The third-order valence-electron chi connectivity index (χ3n) is 6.63. The van der Waals surface area contributed by atoms with Gasteiger partial charge in [0.05, 0.1) is 6.04 Å². The molecule has 0 radical (unpaired) electrons. The number of pyridine rings is 1. The van der Waals surface area contributed by atoms with Gasteiger partial charge in [0.15, 0.2) is 0 Å². The fraction of sp³-hybridized carbons (Fsp3) is 0.455. The van der Waals surface area contributed by atoms with Crippen molar-refractivity contribution >= 4 is 5.91 Å². The second-order valence-corrected chi connectivity index (χ2v) is 8.07. The molecule has 0 aliphatic carbocycles. The number of rotatable bonds is 2. The SMILES string of the molecule is Cc1cccc(C(=O)N2CC(c3cccnc3)C3C2C2CCN3CC2)c1. The number of hydrogen-bond acceptors (Lipinski definition) is 3. The van der Waals surface area contributed by atoms with Crippen LogP contribution < -0.4 is 0 Å². The van der Waals surface area contributed by atoms with Crippen LogP contribution in [0.1, 0.15) is 40.2 Å². The number of fused-ring (bicyclic) bond motifs is 2. The Kier molecular flexibility index (Phi) is 3.82. The number of carbonyl (C=O) groups excluding carboxylic acids is 1. The van der Waals surface area contributed by atoms with E-state index in [0.29, 0.717) is 23.9 Å². The molecule has 5 heterocycles. The van der Waals surface area contributed by atoms with E-state index in [4.69, 9.17) is 0 Å². The number of nitrogens with zero attached hydrogens (tertiary/aromatic N) is 3. The fourth-order valence-electron chi connectivity index (χ4n) is 5.49. The normalized spacial score (nSPS) is 32.5. The van der Waals surface area contributed by atoms with Crippen LogP contribution in [0, 0.1) is 12.8 Å². The van der Waals surface area contributed by atoms with E-state index < -0.39 is 0 Å². The number of benzene rings is 1. The zero-order chi connectivity index (χ0) is 17.7. The molecule has 0 spiro atoms. The lowest BCUT2D eigenvalue weighted by Gasteiger charge is -2.51. The average molecular weight is 347 g/mol. The van der Waals surface area contributed by atoms with Gasteiger partial charge in [0, 0.05) is 36.5 Å². The monoisotopic (exact) mass is 347 g/mol. The van der Waals surface area contributed by atoms with Gasteiger partial charge < -0.3 is 4.90 Å². The van der Waals surface area contributed by atoms with E-state index in [-0.39, 0.29) is 5.91 Å². The first-order chi connectivity index (χ1) is 12.7. The number of carbonyl (C=O) groups is 1. The molecule has 6 rings (SSSR count). The van der Waals surface area contributed by atoms with Gasteiger partial charge in [0.25, 0.3) is 5.91 Å². The molecular weight excluding hydrogens is 322 g/mol. The summed E-state index contributed by atoms with van der Waals surface area (Å²) in [6.07, 6.45) is 6.27. The van der Waals surface area contributed by atoms with Crippen molar-refractivity contribution in [2.75, 3.05) is 19.6 Å². The van der Waals surface area contributed by atoms with E-state index in [9.17, 15) is 4.79 Å². The highest BCUT2D eigenvalue weighted by atomic mass is 16.2. The zero-order valence-electron chi connectivity index (χ0n) is 15.2. The molecule has 3 unspecified atom stereocenters. The average Bonchev–Trinajstić information content (AvgIpc) is 3.12. The maximum Gasteiger partial charge on any atom is 0.254 e. The van der Waals surface area contributed by atoms with Crippen molar-refractivity contribution in [3.63, 3.8) is 0 Å².